The number of β-lactam (4-membered cyclic amide) rings is 1. The van der Waals surface area contributed by atoms with E-state index in [1.807, 2.05) is 0 Å². The van der Waals surface area contributed by atoms with E-state index in [2.05, 4.69) is 15.5 Å². The van der Waals surface area contributed by atoms with Crippen LogP contribution in [0.4, 0.5) is 15.2 Å². The third kappa shape index (κ3) is 4.28. The van der Waals surface area contributed by atoms with Gasteiger partial charge in [-0.2, -0.15) is 0 Å². The van der Waals surface area contributed by atoms with Gasteiger partial charge in [0.15, 0.2) is 10.8 Å². The number of fused-ring (bicyclic) bond motifs is 1. The number of nitrogens with zero attached hydrogens (tertiary/aromatic N) is 4. The SMILES string of the molecule is Nc1nc(C(=NO)C(=O)N[C@@H]2C(=O)N3C(C(=O)O)=C(C=C4CCN(c5ccccc5F)C4=O)CS[C@H]23)cs1. The Labute approximate surface area is 222 Å². The molecular weight excluding hydrogens is 539 g/mol. The lowest BCUT2D eigenvalue weighted by Gasteiger charge is -2.49. The van der Waals surface area contributed by atoms with Gasteiger partial charge in [0, 0.05) is 23.3 Å². The lowest BCUT2D eigenvalue weighted by molar-refractivity contribution is -0.150. The Morgan fingerprint density at radius 2 is 2.05 bits per heavy atom. The molecule has 2 aromatic rings. The van der Waals surface area contributed by atoms with Crippen molar-refractivity contribution in [2.45, 2.75) is 17.8 Å². The van der Waals surface area contributed by atoms with E-state index in [1.54, 1.807) is 6.07 Å². The van der Waals surface area contributed by atoms with E-state index in [1.165, 1.54) is 46.3 Å². The van der Waals surface area contributed by atoms with E-state index in [9.17, 15) is 33.9 Å². The maximum atomic E-state index is 14.2. The fourth-order valence-electron chi connectivity index (χ4n) is 4.43. The first-order valence-corrected chi connectivity index (χ1v) is 13.1. The van der Waals surface area contributed by atoms with Gasteiger partial charge in [0.05, 0.1) is 5.69 Å². The minimum Gasteiger partial charge on any atom is -0.477 e. The second-order valence-electron chi connectivity index (χ2n) is 8.39. The predicted octanol–water partition coefficient (Wildman–Crippen LogP) is 1.14. The molecule has 0 unspecified atom stereocenters. The number of anilines is 2. The number of carbonyl (C=O) groups excluding carboxylic acids is 3. The monoisotopic (exact) mass is 558 g/mol. The Bertz CT molecular complexity index is 1470. The molecule has 5 N–H and O–H groups in total. The number of rotatable bonds is 6. The maximum Gasteiger partial charge on any atom is 0.352 e. The number of carboxylic acids is 1. The summed E-state index contributed by atoms with van der Waals surface area (Å²) >= 11 is 2.24. The summed E-state index contributed by atoms with van der Waals surface area (Å²) in [7, 11) is 0. The van der Waals surface area contributed by atoms with Gasteiger partial charge in [-0.3, -0.25) is 19.3 Å². The Kier molecular flexibility index (Phi) is 6.62. The molecule has 2 atom stereocenters. The molecule has 3 amide bonds. The van der Waals surface area contributed by atoms with Crippen LogP contribution in [0.15, 0.2) is 57.7 Å². The van der Waals surface area contributed by atoms with Crippen molar-refractivity contribution in [2.24, 2.45) is 5.16 Å². The number of halogens is 1. The molecule has 1 aromatic carbocycles. The highest BCUT2D eigenvalue weighted by Gasteiger charge is 2.54. The third-order valence-electron chi connectivity index (χ3n) is 6.18. The number of benzene rings is 1. The van der Waals surface area contributed by atoms with Crippen LogP contribution in [0.3, 0.4) is 0 Å². The molecule has 0 aliphatic carbocycles. The summed E-state index contributed by atoms with van der Waals surface area (Å²) in [5.74, 6) is -3.77. The molecule has 15 heteroatoms. The Hall–Kier alpha value is -4.24. The quantitative estimate of drug-likeness (QED) is 0.133. The highest BCUT2D eigenvalue weighted by Crippen LogP contribution is 2.41. The van der Waals surface area contributed by atoms with Gasteiger partial charge in [-0.1, -0.05) is 17.3 Å². The molecule has 3 aliphatic rings. The average molecular weight is 559 g/mol. The number of nitrogen functional groups attached to an aromatic ring is 1. The number of aliphatic carboxylic acids is 1. The van der Waals surface area contributed by atoms with Crippen molar-refractivity contribution in [1.82, 2.24) is 15.2 Å². The number of oxime groups is 1. The normalized spacial score (nSPS) is 22.6. The van der Waals surface area contributed by atoms with Gasteiger partial charge < -0.3 is 26.3 Å². The van der Waals surface area contributed by atoms with Crippen molar-refractivity contribution >= 4 is 63.3 Å². The second-order valence-corrected chi connectivity index (χ2v) is 10.4. The van der Waals surface area contributed by atoms with Crippen molar-refractivity contribution in [2.75, 3.05) is 22.9 Å². The summed E-state index contributed by atoms with van der Waals surface area (Å²) in [4.78, 5) is 57.0. The van der Waals surface area contributed by atoms with Gasteiger partial charge in [0.2, 0.25) is 0 Å². The highest BCUT2D eigenvalue weighted by molar-refractivity contribution is 8.00. The van der Waals surface area contributed by atoms with Gasteiger partial charge >= 0.3 is 5.97 Å². The third-order valence-corrected chi connectivity index (χ3v) is 8.16. The van der Waals surface area contributed by atoms with Crippen LogP contribution in [0.5, 0.6) is 0 Å². The van der Waals surface area contributed by atoms with Gasteiger partial charge in [-0.05, 0) is 30.2 Å². The molecule has 5 rings (SSSR count). The topological polar surface area (TPSA) is 179 Å². The summed E-state index contributed by atoms with van der Waals surface area (Å²) in [5, 5.41) is 25.4. The Morgan fingerprint density at radius 3 is 2.71 bits per heavy atom. The fraction of sp³-hybridized carbons (Fsp3) is 0.217. The molecule has 38 heavy (non-hydrogen) atoms. The molecule has 12 nitrogen and oxygen atoms in total. The minimum absolute atomic E-state index is 0.0260. The van der Waals surface area contributed by atoms with Crippen molar-refractivity contribution in [3.05, 3.63) is 64.1 Å². The molecule has 196 valence electrons. The van der Waals surface area contributed by atoms with Crippen LogP contribution < -0.4 is 16.0 Å². The minimum atomic E-state index is -1.37. The van der Waals surface area contributed by atoms with Crippen LogP contribution in [0.2, 0.25) is 0 Å². The van der Waals surface area contributed by atoms with E-state index >= 15 is 0 Å². The molecule has 2 saturated heterocycles. The molecule has 0 spiro atoms. The van der Waals surface area contributed by atoms with E-state index in [0.717, 1.165) is 16.2 Å². The van der Waals surface area contributed by atoms with Gasteiger partial charge in [-0.15, -0.1) is 23.1 Å². The molecule has 4 heterocycles. The van der Waals surface area contributed by atoms with Gasteiger partial charge in [-0.25, -0.2) is 14.2 Å². The highest BCUT2D eigenvalue weighted by atomic mass is 32.2. The van der Waals surface area contributed by atoms with Crippen molar-refractivity contribution in [3.63, 3.8) is 0 Å². The number of hydrogen-bond donors (Lipinski definition) is 4. The molecule has 2 fully saturated rings. The first kappa shape index (κ1) is 25.4. The maximum absolute atomic E-state index is 14.2. The molecule has 0 saturated carbocycles. The van der Waals surface area contributed by atoms with Crippen molar-refractivity contribution in [1.29, 1.82) is 0 Å². The van der Waals surface area contributed by atoms with Crippen LogP contribution in [-0.4, -0.2) is 73.3 Å². The van der Waals surface area contributed by atoms with Gasteiger partial charge in [0.1, 0.15) is 28.6 Å². The first-order valence-electron chi connectivity index (χ1n) is 11.1. The van der Waals surface area contributed by atoms with Crippen LogP contribution in [0, 0.1) is 5.82 Å². The summed E-state index contributed by atoms with van der Waals surface area (Å²) in [5.41, 5.74) is 5.53. The van der Waals surface area contributed by atoms with Crippen LogP contribution in [0.1, 0.15) is 12.1 Å². The average Bonchev–Trinajstić information content (AvgIpc) is 3.48. The number of para-hydroxylation sites is 1. The molecule has 0 bridgehead atoms. The standard InChI is InChI=1S/C23H19FN6O6S2/c24-12-3-1-2-4-14(12)29-6-5-10(19(29)32)7-11-8-37-21-16(20(33)30(21)17(11)22(34)35)27-18(31)15(28-36)13-9-38-23(25)26-13/h1-4,7,9,16,21,36H,5-6,8H2,(H2,25,26)(H,27,31)(H,34,35)/t16-,21-/m1/s1. The van der Waals surface area contributed by atoms with Crippen molar-refractivity contribution < 1.29 is 33.9 Å². The molecule has 1 aromatic heterocycles. The summed E-state index contributed by atoms with van der Waals surface area (Å²) in [6, 6.07) is 4.79. The number of aromatic nitrogens is 1. The smallest absolute Gasteiger partial charge is 0.352 e. The summed E-state index contributed by atoms with van der Waals surface area (Å²) in [6.45, 7) is 0.229. The zero-order chi connectivity index (χ0) is 27.1. The number of thiazole rings is 1. The first-order chi connectivity index (χ1) is 18.2. The zero-order valence-electron chi connectivity index (χ0n) is 19.3. The number of nitrogens with two attached hydrogens (primary N) is 1. The lowest BCUT2D eigenvalue weighted by Crippen LogP contribution is -2.71. The second kappa shape index (κ2) is 9.90. The largest absolute Gasteiger partial charge is 0.477 e. The van der Waals surface area contributed by atoms with Crippen LogP contribution in [0.25, 0.3) is 0 Å². The number of carbonyl (C=O) groups is 4. The molecular formula is C23H19FN6O6S2. The fourth-order valence-corrected chi connectivity index (χ4v) is 6.29. The summed E-state index contributed by atoms with van der Waals surface area (Å²) in [6.07, 6.45) is 1.72. The number of hydrogen-bond acceptors (Lipinski definition) is 10. The van der Waals surface area contributed by atoms with Crippen LogP contribution in [-0.2, 0) is 19.2 Å². The molecule has 0 radical (unpaired) electrons. The van der Waals surface area contributed by atoms with E-state index in [-0.39, 0.29) is 46.5 Å². The number of amides is 3. The zero-order valence-corrected chi connectivity index (χ0v) is 21.0. The van der Waals surface area contributed by atoms with Crippen molar-refractivity contribution in [3.8, 4) is 0 Å². The number of carboxylic acid groups (broad SMARTS) is 1. The van der Waals surface area contributed by atoms with Gasteiger partial charge in [0.25, 0.3) is 17.7 Å². The van der Waals surface area contributed by atoms with E-state index in [0.29, 0.717) is 5.57 Å². The summed E-state index contributed by atoms with van der Waals surface area (Å²) < 4.78 is 14.2. The van der Waals surface area contributed by atoms with E-state index < -0.39 is 46.6 Å². The van der Waals surface area contributed by atoms with Crippen LogP contribution >= 0.6 is 23.1 Å². The lowest BCUT2D eigenvalue weighted by atomic mass is 10.0. The number of allylic oxidation sites excluding steroid dienone is 1. The molecule has 3 aliphatic heterocycles. The predicted molar refractivity (Wildman–Crippen MR) is 136 cm³/mol. The van der Waals surface area contributed by atoms with E-state index in [4.69, 9.17) is 5.73 Å². The Balaban J connectivity index is 1.36. The number of thioether (sulfide) groups is 1. The Morgan fingerprint density at radius 1 is 1.29 bits per heavy atom. The number of nitrogens with one attached hydrogen (secondary N) is 1.